The summed E-state index contributed by atoms with van der Waals surface area (Å²) >= 11 is 15.6. The van der Waals surface area contributed by atoms with E-state index in [9.17, 15) is 0 Å². The summed E-state index contributed by atoms with van der Waals surface area (Å²) in [5, 5.41) is 0.889. The van der Waals surface area contributed by atoms with Crippen molar-refractivity contribution >= 4 is 35.8 Å². The summed E-state index contributed by atoms with van der Waals surface area (Å²) in [7, 11) is 0. The van der Waals surface area contributed by atoms with Gasteiger partial charge in [0.25, 0.3) is 0 Å². The predicted octanol–water partition coefficient (Wildman–Crippen LogP) is 3.25. The van der Waals surface area contributed by atoms with Gasteiger partial charge in [-0.3, -0.25) is 0 Å². The predicted molar refractivity (Wildman–Crippen MR) is 56.4 cm³/mol. The molecule has 0 aliphatic heterocycles. The number of pyridine rings is 1. The van der Waals surface area contributed by atoms with E-state index in [1.807, 2.05) is 6.07 Å². The monoisotopic (exact) mass is 221 g/mol. The minimum Gasteiger partial charge on any atom is -0.243 e. The molecule has 0 unspecified atom stereocenters. The first-order valence-electron chi connectivity index (χ1n) is 3.65. The molecule has 0 amide bonds. The standard InChI is InChI=1S/C8H9Cl2NS/c9-7-4-6(2-1-3-12)5-11-8(7)10/h4-5,12H,1-3H2. The highest BCUT2D eigenvalue weighted by Gasteiger charge is 1.99. The van der Waals surface area contributed by atoms with E-state index in [2.05, 4.69) is 17.6 Å². The van der Waals surface area contributed by atoms with Crippen molar-refractivity contribution in [3.05, 3.63) is 28.0 Å². The molecule has 12 heavy (non-hydrogen) atoms. The lowest BCUT2D eigenvalue weighted by molar-refractivity contribution is 0.927. The number of nitrogens with zero attached hydrogens (tertiary/aromatic N) is 1. The van der Waals surface area contributed by atoms with E-state index >= 15 is 0 Å². The summed E-state index contributed by atoms with van der Waals surface area (Å²) in [6, 6.07) is 1.85. The zero-order chi connectivity index (χ0) is 8.97. The van der Waals surface area contributed by atoms with Gasteiger partial charge in [-0.15, -0.1) is 0 Å². The Hall–Kier alpha value is 0.0800. The van der Waals surface area contributed by atoms with E-state index in [1.54, 1.807) is 6.20 Å². The maximum Gasteiger partial charge on any atom is 0.147 e. The third-order valence-electron chi connectivity index (χ3n) is 1.48. The third-order valence-corrected chi connectivity index (χ3v) is 2.48. The quantitative estimate of drug-likeness (QED) is 0.611. The Kier molecular flexibility index (Phi) is 4.19. The van der Waals surface area contributed by atoms with E-state index in [1.165, 1.54) is 0 Å². The minimum atomic E-state index is 0.367. The molecule has 0 fully saturated rings. The van der Waals surface area contributed by atoms with Gasteiger partial charge in [-0.1, -0.05) is 23.2 Å². The van der Waals surface area contributed by atoms with E-state index in [0.717, 1.165) is 24.2 Å². The molecular weight excluding hydrogens is 213 g/mol. The third kappa shape index (κ3) is 2.85. The largest absolute Gasteiger partial charge is 0.243 e. The molecule has 0 N–H and O–H groups in total. The summed E-state index contributed by atoms with van der Waals surface area (Å²) in [6.07, 6.45) is 3.73. The van der Waals surface area contributed by atoms with Crippen LogP contribution in [0.1, 0.15) is 12.0 Å². The summed E-state index contributed by atoms with van der Waals surface area (Å²) in [5.41, 5.74) is 1.11. The van der Waals surface area contributed by atoms with Gasteiger partial charge in [0.2, 0.25) is 0 Å². The van der Waals surface area contributed by atoms with Crippen LogP contribution < -0.4 is 0 Å². The number of hydrogen-bond acceptors (Lipinski definition) is 2. The number of thiol groups is 1. The van der Waals surface area contributed by atoms with Gasteiger partial charge in [0, 0.05) is 6.20 Å². The SMILES string of the molecule is SCCCc1cnc(Cl)c(Cl)c1. The number of aryl methyl sites for hydroxylation is 1. The van der Waals surface area contributed by atoms with Gasteiger partial charge in [-0.05, 0) is 30.2 Å². The van der Waals surface area contributed by atoms with Crippen LogP contribution in [0.5, 0.6) is 0 Å². The molecule has 0 radical (unpaired) electrons. The highest BCUT2D eigenvalue weighted by molar-refractivity contribution is 7.80. The molecule has 0 saturated heterocycles. The fraction of sp³-hybridized carbons (Fsp3) is 0.375. The van der Waals surface area contributed by atoms with Crippen LogP contribution in [0.25, 0.3) is 0 Å². The van der Waals surface area contributed by atoms with Crippen molar-refractivity contribution < 1.29 is 0 Å². The lowest BCUT2D eigenvalue weighted by Gasteiger charge is -2.00. The van der Waals surface area contributed by atoms with Crippen LogP contribution in [0.2, 0.25) is 10.2 Å². The van der Waals surface area contributed by atoms with Crippen LogP contribution in [0.4, 0.5) is 0 Å². The summed E-state index contributed by atoms with van der Waals surface area (Å²) in [5.74, 6) is 0.875. The van der Waals surface area contributed by atoms with Gasteiger partial charge in [0.15, 0.2) is 0 Å². The maximum absolute atomic E-state index is 5.78. The molecule has 0 atom stereocenters. The number of halogens is 2. The molecule has 0 aliphatic carbocycles. The molecule has 66 valence electrons. The van der Waals surface area contributed by atoms with Crippen molar-refractivity contribution in [3.8, 4) is 0 Å². The normalized spacial score (nSPS) is 10.2. The molecule has 4 heteroatoms. The van der Waals surface area contributed by atoms with Crippen molar-refractivity contribution in [2.24, 2.45) is 0 Å². The molecule has 0 aliphatic rings. The van der Waals surface area contributed by atoms with Gasteiger partial charge in [0.05, 0.1) is 5.02 Å². The Labute approximate surface area is 87.5 Å². The lowest BCUT2D eigenvalue weighted by Crippen LogP contribution is -1.88. The van der Waals surface area contributed by atoms with E-state index < -0.39 is 0 Å². The molecule has 0 bridgehead atoms. The van der Waals surface area contributed by atoms with Crippen LogP contribution >= 0.6 is 35.8 Å². The van der Waals surface area contributed by atoms with E-state index in [0.29, 0.717) is 10.2 Å². The van der Waals surface area contributed by atoms with Gasteiger partial charge >= 0.3 is 0 Å². The van der Waals surface area contributed by atoms with E-state index in [4.69, 9.17) is 23.2 Å². The fourth-order valence-electron chi connectivity index (χ4n) is 0.881. The molecule has 1 heterocycles. The fourth-order valence-corrected chi connectivity index (χ4v) is 1.33. The molecule has 1 aromatic rings. The minimum absolute atomic E-state index is 0.367. The Morgan fingerprint density at radius 3 is 2.75 bits per heavy atom. The average Bonchev–Trinajstić information content (AvgIpc) is 2.07. The van der Waals surface area contributed by atoms with Crippen molar-refractivity contribution in [2.45, 2.75) is 12.8 Å². The second-order valence-corrected chi connectivity index (χ2v) is 3.66. The Morgan fingerprint density at radius 1 is 1.42 bits per heavy atom. The van der Waals surface area contributed by atoms with Gasteiger partial charge in [-0.25, -0.2) is 4.98 Å². The first kappa shape index (κ1) is 10.2. The average molecular weight is 222 g/mol. The molecule has 1 nitrogen and oxygen atoms in total. The number of hydrogen-bond donors (Lipinski definition) is 1. The van der Waals surface area contributed by atoms with Crippen LogP contribution in [0, 0.1) is 0 Å². The highest BCUT2D eigenvalue weighted by atomic mass is 35.5. The smallest absolute Gasteiger partial charge is 0.147 e. The van der Waals surface area contributed by atoms with Crippen molar-refractivity contribution in [1.29, 1.82) is 0 Å². The molecule has 0 aromatic carbocycles. The molecule has 0 spiro atoms. The van der Waals surface area contributed by atoms with Crippen molar-refractivity contribution in [3.63, 3.8) is 0 Å². The molecule has 0 saturated carbocycles. The van der Waals surface area contributed by atoms with Crippen LogP contribution in [0.15, 0.2) is 12.3 Å². The zero-order valence-corrected chi connectivity index (χ0v) is 8.83. The number of aromatic nitrogens is 1. The van der Waals surface area contributed by atoms with Crippen LogP contribution in [-0.4, -0.2) is 10.7 Å². The van der Waals surface area contributed by atoms with Gasteiger partial charge < -0.3 is 0 Å². The maximum atomic E-state index is 5.78. The Morgan fingerprint density at radius 2 is 2.17 bits per heavy atom. The highest BCUT2D eigenvalue weighted by Crippen LogP contribution is 2.20. The van der Waals surface area contributed by atoms with Gasteiger partial charge in [0.1, 0.15) is 5.15 Å². The van der Waals surface area contributed by atoms with Gasteiger partial charge in [-0.2, -0.15) is 12.6 Å². The lowest BCUT2D eigenvalue weighted by atomic mass is 10.2. The summed E-state index contributed by atoms with van der Waals surface area (Å²) in [6.45, 7) is 0. The number of rotatable bonds is 3. The summed E-state index contributed by atoms with van der Waals surface area (Å²) < 4.78 is 0. The van der Waals surface area contributed by atoms with Crippen molar-refractivity contribution in [1.82, 2.24) is 4.98 Å². The topological polar surface area (TPSA) is 12.9 Å². The first-order valence-corrected chi connectivity index (χ1v) is 5.03. The van der Waals surface area contributed by atoms with Crippen LogP contribution in [0.3, 0.4) is 0 Å². The van der Waals surface area contributed by atoms with E-state index in [-0.39, 0.29) is 0 Å². The Balaban J connectivity index is 2.69. The Bertz CT molecular complexity index is 265. The zero-order valence-electron chi connectivity index (χ0n) is 6.43. The summed E-state index contributed by atoms with van der Waals surface area (Å²) in [4.78, 5) is 3.94. The van der Waals surface area contributed by atoms with Crippen molar-refractivity contribution in [2.75, 3.05) is 5.75 Å². The van der Waals surface area contributed by atoms with Crippen LogP contribution in [-0.2, 0) is 6.42 Å². The molecular formula is C8H9Cl2NS. The second-order valence-electron chi connectivity index (χ2n) is 2.44. The molecule has 1 rings (SSSR count). The first-order chi connectivity index (χ1) is 5.74. The molecule has 1 aromatic heterocycles. The second kappa shape index (κ2) is 4.95.